The van der Waals surface area contributed by atoms with Crippen LogP contribution in [0.25, 0.3) is 0 Å². The Labute approximate surface area is 113 Å². The van der Waals surface area contributed by atoms with Gasteiger partial charge in [-0.2, -0.15) is 0 Å². The molecule has 0 aromatic rings. The summed E-state index contributed by atoms with van der Waals surface area (Å²) in [5, 5.41) is 20.2. The van der Waals surface area contributed by atoms with Crippen molar-refractivity contribution in [3.8, 4) is 0 Å². The van der Waals surface area contributed by atoms with E-state index in [1.165, 1.54) is 0 Å². The number of rotatable bonds is 0. The van der Waals surface area contributed by atoms with E-state index in [0.29, 0.717) is 30.4 Å². The molecule has 104 valence electrons. The van der Waals surface area contributed by atoms with Crippen LogP contribution in [0, 0.1) is 5.92 Å². The molecule has 0 aromatic carbocycles. The first-order valence-corrected chi connectivity index (χ1v) is 6.51. The molecule has 1 heterocycles. The minimum atomic E-state index is -0.785. The van der Waals surface area contributed by atoms with Crippen LogP contribution in [-0.4, -0.2) is 34.5 Å². The van der Waals surface area contributed by atoms with Gasteiger partial charge in [0.1, 0.15) is 6.10 Å². The molecule has 1 saturated heterocycles. The molecule has 1 aliphatic carbocycles. The third kappa shape index (κ3) is 2.80. The fraction of sp³-hybridized carbons (Fsp3) is 0.533. The molecule has 1 aliphatic heterocycles. The minimum Gasteiger partial charge on any atom is -0.458 e. The largest absolute Gasteiger partial charge is 0.458 e. The molecule has 1 unspecified atom stereocenters. The van der Waals surface area contributed by atoms with Gasteiger partial charge in [-0.1, -0.05) is 24.8 Å². The highest BCUT2D eigenvalue weighted by Gasteiger charge is 2.42. The van der Waals surface area contributed by atoms with E-state index >= 15 is 0 Å². The van der Waals surface area contributed by atoms with Crippen LogP contribution in [0.15, 0.2) is 36.0 Å². The summed E-state index contributed by atoms with van der Waals surface area (Å²) in [5.74, 6) is -0.925. The number of hydrogen-bond acceptors (Lipinski definition) is 4. The molecule has 19 heavy (non-hydrogen) atoms. The number of aliphatic hydroxyl groups excluding tert-OH is 2. The quantitative estimate of drug-likeness (QED) is 0.395. The van der Waals surface area contributed by atoms with Crippen molar-refractivity contribution in [2.75, 3.05) is 0 Å². The van der Waals surface area contributed by atoms with Crippen molar-refractivity contribution in [1.29, 1.82) is 0 Å². The van der Waals surface area contributed by atoms with Gasteiger partial charge in [0.2, 0.25) is 0 Å². The third-order valence-corrected chi connectivity index (χ3v) is 3.89. The van der Waals surface area contributed by atoms with Gasteiger partial charge in [0.15, 0.2) is 0 Å². The van der Waals surface area contributed by atoms with Crippen molar-refractivity contribution in [3.63, 3.8) is 0 Å². The van der Waals surface area contributed by atoms with Crippen molar-refractivity contribution in [2.24, 2.45) is 5.92 Å². The van der Waals surface area contributed by atoms with Crippen LogP contribution in [0.1, 0.15) is 26.2 Å². The summed E-state index contributed by atoms with van der Waals surface area (Å²) in [7, 11) is 0. The maximum Gasteiger partial charge on any atom is 0.334 e. The Morgan fingerprint density at radius 1 is 1.37 bits per heavy atom. The third-order valence-electron chi connectivity index (χ3n) is 3.89. The zero-order valence-corrected chi connectivity index (χ0v) is 11.1. The van der Waals surface area contributed by atoms with Gasteiger partial charge in [0.25, 0.3) is 0 Å². The number of ether oxygens (including phenoxy) is 1. The van der Waals surface area contributed by atoms with Gasteiger partial charge in [0, 0.05) is 12.0 Å². The second-order valence-electron chi connectivity index (χ2n) is 5.42. The highest BCUT2D eigenvalue weighted by Crippen LogP contribution is 2.35. The van der Waals surface area contributed by atoms with E-state index in [9.17, 15) is 15.0 Å². The zero-order chi connectivity index (χ0) is 14.2. The summed E-state index contributed by atoms with van der Waals surface area (Å²) in [6.07, 6.45) is 1.47. The number of fused-ring (bicyclic) bond motifs is 1. The first kappa shape index (κ1) is 14.0. The molecule has 2 rings (SSSR count). The maximum absolute atomic E-state index is 11.6. The summed E-state index contributed by atoms with van der Waals surface area (Å²) in [4.78, 5) is 11.6. The van der Waals surface area contributed by atoms with Crippen LogP contribution in [0.4, 0.5) is 0 Å². The van der Waals surface area contributed by atoms with E-state index in [4.69, 9.17) is 4.74 Å². The summed E-state index contributed by atoms with van der Waals surface area (Å²) < 4.78 is 5.23. The highest BCUT2D eigenvalue weighted by molar-refractivity contribution is 5.91. The average molecular weight is 264 g/mol. The van der Waals surface area contributed by atoms with Gasteiger partial charge >= 0.3 is 5.97 Å². The van der Waals surface area contributed by atoms with Crippen LogP contribution in [0.3, 0.4) is 0 Å². The fourth-order valence-corrected chi connectivity index (χ4v) is 2.68. The van der Waals surface area contributed by atoms with E-state index in [2.05, 4.69) is 13.2 Å². The normalized spacial score (nSPS) is 39.3. The van der Waals surface area contributed by atoms with Crippen molar-refractivity contribution in [2.45, 2.75) is 44.5 Å². The molecular formula is C15H20O4. The average Bonchev–Trinajstić information content (AvgIpc) is 2.60. The number of hydrogen-bond donors (Lipinski definition) is 2. The Bertz CT molecular complexity index is 449. The lowest BCUT2D eigenvalue weighted by molar-refractivity contribution is -0.139. The smallest absolute Gasteiger partial charge is 0.334 e. The Kier molecular flexibility index (Phi) is 3.92. The molecular weight excluding hydrogens is 244 g/mol. The SMILES string of the molecule is C=C1C(=O)O[C@H]2CC(=C)[C@H](O)CC/C(C)=C\[C@@H](O)C12. The Morgan fingerprint density at radius 3 is 2.74 bits per heavy atom. The van der Waals surface area contributed by atoms with Gasteiger partial charge in [-0.25, -0.2) is 4.79 Å². The maximum atomic E-state index is 11.6. The van der Waals surface area contributed by atoms with Crippen LogP contribution in [0.5, 0.6) is 0 Å². The predicted molar refractivity (Wildman–Crippen MR) is 71.3 cm³/mol. The molecule has 2 N–H and O–H groups in total. The lowest BCUT2D eigenvalue weighted by Crippen LogP contribution is -2.30. The fourth-order valence-electron chi connectivity index (χ4n) is 2.68. The molecule has 0 spiro atoms. The Balaban J connectivity index is 2.33. The van der Waals surface area contributed by atoms with E-state index < -0.39 is 30.2 Å². The molecule has 0 aromatic heterocycles. The zero-order valence-electron chi connectivity index (χ0n) is 11.1. The lowest BCUT2D eigenvalue weighted by atomic mass is 9.84. The van der Waals surface area contributed by atoms with E-state index in [0.717, 1.165) is 5.57 Å². The van der Waals surface area contributed by atoms with Gasteiger partial charge in [-0.3, -0.25) is 0 Å². The molecule has 0 amide bonds. The molecule has 4 heteroatoms. The van der Waals surface area contributed by atoms with Crippen LogP contribution in [-0.2, 0) is 9.53 Å². The van der Waals surface area contributed by atoms with E-state index in [1.807, 2.05) is 6.92 Å². The second kappa shape index (κ2) is 5.31. The highest BCUT2D eigenvalue weighted by atomic mass is 16.6. The van der Waals surface area contributed by atoms with Gasteiger partial charge in [0.05, 0.1) is 18.1 Å². The summed E-state index contributed by atoms with van der Waals surface area (Å²) in [6.45, 7) is 9.47. The molecule has 1 fully saturated rings. The predicted octanol–water partition coefficient (Wildman–Crippen LogP) is 1.49. The number of aliphatic hydroxyl groups is 2. The van der Waals surface area contributed by atoms with Crippen LogP contribution < -0.4 is 0 Å². The minimum absolute atomic E-state index is 0.296. The summed E-state index contributed by atoms with van der Waals surface area (Å²) in [6, 6.07) is 0. The van der Waals surface area contributed by atoms with Crippen LogP contribution >= 0.6 is 0 Å². The lowest BCUT2D eigenvalue weighted by Gasteiger charge is -2.25. The van der Waals surface area contributed by atoms with E-state index in [-0.39, 0.29) is 0 Å². The van der Waals surface area contributed by atoms with Gasteiger partial charge in [-0.05, 0) is 25.3 Å². The van der Waals surface area contributed by atoms with E-state index in [1.54, 1.807) is 6.08 Å². The van der Waals surface area contributed by atoms with Crippen molar-refractivity contribution >= 4 is 5.97 Å². The monoisotopic (exact) mass is 264 g/mol. The van der Waals surface area contributed by atoms with Crippen molar-refractivity contribution in [3.05, 3.63) is 36.0 Å². The standard InChI is InChI=1S/C15H20O4/c1-8-4-5-11(16)9(2)7-13-14(12(17)6-8)10(3)15(18)19-13/h6,11-14,16-17H,2-5,7H2,1H3/b8-6-/t11-,12-,13+,14?/m1/s1. The van der Waals surface area contributed by atoms with Crippen molar-refractivity contribution < 1.29 is 19.7 Å². The molecule has 0 radical (unpaired) electrons. The Morgan fingerprint density at radius 2 is 2.05 bits per heavy atom. The van der Waals surface area contributed by atoms with Gasteiger partial charge < -0.3 is 14.9 Å². The molecule has 4 nitrogen and oxygen atoms in total. The first-order chi connectivity index (χ1) is 8.90. The summed E-state index contributed by atoms with van der Waals surface area (Å²) >= 11 is 0. The second-order valence-corrected chi connectivity index (χ2v) is 5.42. The first-order valence-electron chi connectivity index (χ1n) is 6.51. The number of carbonyl (C=O) groups is 1. The van der Waals surface area contributed by atoms with Crippen LogP contribution in [0.2, 0.25) is 0 Å². The Hall–Kier alpha value is -1.39. The topological polar surface area (TPSA) is 66.8 Å². The van der Waals surface area contributed by atoms with Gasteiger partial charge in [-0.15, -0.1) is 0 Å². The summed E-state index contributed by atoms with van der Waals surface area (Å²) in [5.41, 5.74) is 1.91. The molecule has 2 aliphatic rings. The number of esters is 1. The van der Waals surface area contributed by atoms with Crippen molar-refractivity contribution in [1.82, 2.24) is 0 Å². The number of allylic oxidation sites excluding steroid dienone is 1. The number of carbonyl (C=O) groups excluding carboxylic acids is 1. The molecule has 0 saturated carbocycles. The molecule has 4 atom stereocenters. The molecule has 0 bridgehead atoms.